The van der Waals surface area contributed by atoms with Crippen LogP contribution in [0.5, 0.6) is 0 Å². The molecule has 0 aromatic carbocycles. The maximum Gasteiger partial charge on any atom is 0.250 e. The van der Waals surface area contributed by atoms with Crippen molar-refractivity contribution in [1.29, 1.82) is 0 Å². The summed E-state index contributed by atoms with van der Waals surface area (Å²) < 4.78 is 2.00. The molecule has 0 radical (unpaired) electrons. The van der Waals surface area contributed by atoms with Gasteiger partial charge in [-0.25, -0.2) is 4.98 Å². The normalized spacial score (nSPS) is 23.7. The lowest BCUT2D eigenvalue weighted by molar-refractivity contribution is 0.113. The summed E-state index contributed by atoms with van der Waals surface area (Å²) in [6, 6.07) is 5.73. The minimum absolute atomic E-state index is 0.161. The Hall–Kier alpha value is -1.46. The van der Waals surface area contributed by atoms with Crippen LogP contribution >= 0.6 is 11.3 Å². The Morgan fingerprint density at radius 1 is 1.30 bits per heavy atom. The number of aromatic nitrogens is 2. The minimum Gasteiger partial charge on any atom is -0.312 e. The first-order valence-corrected chi connectivity index (χ1v) is 9.46. The molecule has 0 saturated carbocycles. The number of rotatable bonds is 4. The Kier molecular flexibility index (Phi) is 4.07. The Bertz CT molecular complexity index is 751. The van der Waals surface area contributed by atoms with Crippen LogP contribution in [0.15, 0.2) is 28.4 Å². The van der Waals surface area contributed by atoms with E-state index < -0.39 is 0 Å². The molecule has 122 valence electrons. The van der Waals surface area contributed by atoms with Crippen molar-refractivity contribution in [2.45, 2.75) is 45.2 Å². The van der Waals surface area contributed by atoms with Crippen LogP contribution in [0.25, 0.3) is 0 Å². The van der Waals surface area contributed by atoms with Crippen molar-refractivity contribution in [2.24, 2.45) is 5.92 Å². The summed E-state index contributed by atoms with van der Waals surface area (Å²) in [4.78, 5) is 19.4. The highest BCUT2D eigenvalue weighted by atomic mass is 32.1. The van der Waals surface area contributed by atoms with E-state index in [1.54, 1.807) is 17.4 Å². The standard InChI is InChI=1S/C18H23N3OS/c1-2-4-17-19-15(12-23-17)11-20-8-13-7-14(10-20)16-5-3-6-18(22)21(16)9-13/h3,5-6,12-14H,2,4,7-11H2,1H3/t13-,14+/m0/s1. The van der Waals surface area contributed by atoms with Crippen LogP contribution in [0.2, 0.25) is 0 Å². The molecular weight excluding hydrogens is 306 g/mol. The maximum atomic E-state index is 12.1. The third-order valence-electron chi connectivity index (χ3n) is 5.00. The molecule has 2 aromatic rings. The molecule has 0 aliphatic carbocycles. The Morgan fingerprint density at radius 2 is 2.22 bits per heavy atom. The fraction of sp³-hybridized carbons (Fsp3) is 0.556. The molecule has 0 N–H and O–H groups in total. The molecule has 2 aliphatic heterocycles. The molecule has 23 heavy (non-hydrogen) atoms. The van der Waals surface area contributed by atoms with E-state index in [-0.39, 0.29) is 5.56 Å². The van der Waals surface area contributed by atoms with E-state index in [1.807, 2.05) is 10.6 Å². The molecule has 2 bridgehead atoms. The summed E-state index contributed by atoms with van der Waals surface area (Å²) in [7, 11) is 0. The number of likely N-dealkylation sites (tertiary alicyclic amines) is 1. The van der Waals surface area contributed by atoms with E-state index in [1.165, 1.54) is 22.8 Å². The molecular formula is C18H23N3OS. The van der Waals surface area contributed by atoms with Crippen LogP contribution in [0, 0.1) is 5.92 Å². The first-order chi connectivity index (χ1) is 11.2. The van der Waals surface area contributed by atoms with Gasteiger partial charge < -0.3 is 4.57 Å². The predicted molar refractivity (Wildman–Crippen MR) is 92.9 cm³/mol. The van der Waals surface area contributed by atoms with Gasteiger partial charge in [0.2, 0.25) is 0 Å². The quantitative estimate of drug-likeness (QED) is 0.866. The number of pyridine rings is 1. The summed E-state index contributed by atoms with van der Waals surface area (Å²) in [6.07, 6.45) is 3.47. The van der Waals surface area contributed by atoms with Gasteiger partial charge in [-0.1, -0.05) is 13.0 Å². The monoisotopic (exact) mass is 329 g/mol. The highest BCUT2D eigenvalue weighted by Crippen LogP contribution is 2.35. The molecule has 0 amide bonds. The van der Waals surface area contributed by atoms with Gasteiger partial charge >= 0.3 is 0 Å². The van der Waals surface area contributed by atoms with Crippen molar-refractivity contribution in [3.8, 4) is 0 Å². The van der Waals surface area contributed by atoms with Crippen molar-refractivity contribution in [3.05, 3.63) is 50.3 Å². The molecule has 4 nitrogen and oxygen atoms in total. The van der Waals surface area contributed by atoms with E-state index in [9.17, 15) is 4.79 Å². The van der Waals surface area contributed by atoms with E-state index >= 15 is 0 Å². The lowest BCUT2D eigenvalue weighted by Crippen LogP contribution is -2.46. The number of hydrogen-bond acceptors (Lipinski definition) is 4. The van der Waals surface area contributed by atoms with Crippen molar-refractivity contribution in [1.82, 2.24) is 14.5 Å². The summed E-state index contributed by atoms with van der Waals surface area (Å²) in [5.74, 6) is 1.08. The van der Waals surface area contributed by atoms with Gasteiger partial charge in [0.15, 0.2) is 0 Å². The van der Waals surface area contributed by atoms with Crippen LogP contribution in [0.4, 0.5) is 0 Å². The molecule has 5 heteroatoms. The van der Waals surface area contributed by atoms with Gasteiger partial charge in [0, 0.05) is 49.2 Å². The number of nitrogens with zero attached hydrogens (tertiary/aromatic N) is 3. The van der Waals surface area contributed by atoms with Crippen molar-refractivity contribution >= 4 is 11.3 Å². The first kappa shape index (κ1) is 15.1. The van der Waals surface area contributed by atoms with Gasteiger partial charge in [-0.05, 0) is 31.2 Å². The molecule has 2 atom stereocenters. The van der Waals surface area contributed by atoms with E-state index in [2.05, 4.69) is 23.3 Å². The first-order valence-electron chi connectivity index (χ1n) is 8.58. The van der Waals surface area contributed by atoms with Gasteiger partial charge in [-0.15, -0.1) is 11.3 Å². The van der Waals surface area contributed by atoms with Crippen LogP contribution in [-0.2, 0) is 19.5 Å². The molecule has 4 rings (SSSR count). The second-order valence-electron chi connectivity index (χ2n) is 6.87. The molecule has 4 heterocycles. The lowest BCUT2D eigenvalue weighted by atomic mass is 9.83. The second kappa shape index (κ2) is 6.21. The van der Waals surface area contributed by atoms with Gasteiger partial charge in [-0.2, -0.15) is 0 Å². The largest absolute Gasteiger partial charge is 0.312 e. The van der Waals surface area contributed by atoms with Gasteiger partial charge in [-0.3, -0.25) is 9.69 Å². The SMILES string of the molecule is CCCc1nc(CN2C[C@@H]3C[C@H](C2)c2cccc(=O)n2C3)cs1. The van der Waals surface area contributed by atoms with Crippen molar-refractivity contribution < 1.29 is 0 Å². The van der Waals surface area contributed by atoms with Gasteiger partial charge in [0.1, 0.15) is 0 Å². The average Bonchev–Trinajstić information content (AvgIpc) is 2.96. The van der Waals surface area contributed by atoms with Gasteiger partial charge in [0.25, 0.3) is 5.56 Å². The topological polar surface area (TPSA) is 38.1 Å². The summed E-state index contributed by atoms with van der Waals surface area (Å²) >= 11 is 1.79. The molecule has 2 aromatic heterocycles. The number of hydrogen-bond donors (Lipinski definition) is 0. The molecule has 0 unspecified atom stereocenters. The highest BCUT2D eigenvalue weighted by molar-refractivity contribution is 7.09. The van der Waals surface area contributed by atoms with Crippen molar-refractivity contribution in [3.63, 3.8) is 0 Å². The Labute approximate surface area is 140 Å². The Balaban J connectivity index is 1.50. The van der Waals surface area contributed by atoms with Crippen LogP contribution in [0.1, 0.15) is 42.1 Å². The second-order valence-corrected chi connectivity index (χ2v) is 7.82. The summed E-state index contributed by atoms with van der Waals surface area (Å²) in [6.45, 7) is 6.15. The van der Waals surface area contributed by atoms with Crippen LogP contribution in [0.3, 0.4) is 0 Å². The molecule has 1 fully saturated rings. The average molecular weight is 329 g/mol. The van der Waals surface area contributed by atoms with E-state index in [0.717, 1.165) is 39.0 Å². The van der Waals surface area contributed by atoms with Crippen LogP contribution < -0.4 is 5.56 Å². The molecule has 1 saturated heterocycles. The number of aryl methyl sites for hydroxylation is 1. The summed E-state index contributed by atoms with van der Waals surface area (Å²) in [5.41, 5.74) is 2.60. The predicted octanol–water partition coefficient (Wildman–Crippen LogP) is 2.88. The number of thiazole rings is 1. The molecule has 2 aliphatic rings. The zero-order valence-corrected chi connectivity index (χ0v) is 14.4. The van der Waals surface area contributed by atoms with E-state index in [0.29, 0.717) is 11.8 Å². The lowest BCUT2D eigenvalue weighted by Gasteiger charge is -2.42. The fourth-order valence-corrected chi connectivity index (χ4v) is 5.00. The maximum absolute atomic E-state index is 12.1. The fourth-order valence-electron chi connectivity index (χ4n) is 4.10. The zero-order valence-electron chi connectivity index (χ0n) is 13.6. The van der Waals surface area contributed by atoms with Crippen LogP contribution in [-0.4, -0.2) is 27.5 Å². The third-order valence-corrected chi connectivity index (χ3v) is 5.96. The Morgan fingerprint density at radius 3 is 3.09 bits per heavy atom. The molecule has 0 spiro atoms. The van der Waals surface area contributed by atoms with Gasteiger partial charge in [0.05, 0.1) is 10.7 Å². The summed E-state index contributed by atoms with van der Waals surface area (Å²) in [5, 5.41) is 3.48. The number of piperidine rings is 1. The third kappa shape index (κ3) is 3.00. The minimum atomic E-state index is 0.161. The van der Waals surface area contributed by atoms with E-state index in [4.69, 9.17) is 4.98 Å². The number of fused-ring (bicyclic) bond motifs is 4. The zero-order chi connectivity index (χ0) is 15.8. The highest BCUT2D eigenvalue weighted by Gasteiger charge is 2.34. The van der Waals surface area contributed by atoms with Crippen molar-refractivity contribution in [2.75, 3.05) is 13.1 Å². The smallest absolute Gasteiger partial charge is 0.250 e.